The van der Waals surface area contributed by atoms with Crippen molar-refractivity contribution in [2.45, 2.75) is 39.8 Å². The maximum absolute atomic E-state index is 5.03. The Kier molecular flexibility index (Phi) is 5.70. The molecule has 0 amide bonds. The second kappa shape index (κ2) is 7.52. The van der Waals surface area contributed by atoms with Gasteiger partial charge in [-0.1, -0.05) is 38.1 Å². The zero-order valence-electron chi connectivity index (χ0n) is 13.1. The molecule has 0 aliphatic carbocycles. The van der Waals surface area contributed by atoms with Gasteiger partial charge in [0.2, 0.25) is 5.13 Å². The Balaban J connectivity index is 1.97. The molecule has 2 rings (SSSR count). The molecule has 1 aromatic heterocycles. The van der Waals surface area contributed by atoms with Crippen LogP contribution >= 0.6 is 11.5 Å². The van der Waals surface area contributed by atoms with Gasteiger partial charge in [0.25, 0.3) is 0 Å². The van der Waals surface area contributed by atoms with Gasteiger partial charge in [0.15, 0.2) is 5.82 Å². The van der Waals surface area contributed by atoms with Crippen molar-refractivity contribution in [3.05, 3.63) is 41.2 Å². The molecule has 0 bridgehead atoms. The standard InChI is InChI=1S/C16H23N3OS/c1-11(2)9-13-5-7-14(8-6-13)12(3)17-16-18-15(10-20-4)19-21-16/h5-8,11-12H,9-10H2,1-4H3,(H,17,18,19). The lowest BCUT2D eigenvalue weighted by Gasteiger charge is -2.14. The van der Waals surface area contributed by atoms with Gasteiger partial charge < -0.3 is 10.1 Å². The number of rotatable bonds is 7. The number of ether oxygens (including phenoxy) is 1. The summed E-state index contributed by atoms with van der Waals surface area (Å²) in [7, 11) is 1.65. The van der Waals surface area contributed by atoms with Crippen LogP contribution in [0.2, 0.25) is 0 Å². The second-order valence-corrected chi connectivity index (χ2v) is 6.41. The van der Waals surface area contributed by atoms with Crippen molar-refractivity contribution in [2.75, 3.05) is 12.4 Å². The molecule has 1 aromatic carbocycles. The van der Waals surface area contributed by atoms with Crippen LogP contribution < -0.4 is 5.32 Å². The highest BCUT2D eigenvalue weighted by atomic mass is 32.1. The lowest BCUT2D eigenvalue weighted by atomic mass is 10.00. The predicted molar refractivity (Wildman–Crippen MR) is 87.6 cm³/mol. The number of hydrogen-bond acceptors (Lipinski definition) is 5. The van der Waals surface area contributed by atoms with Crippen molar-refractivity contribution in [1.29, 1.82) is 0 Å². The molecule has 4 nitrogen and oxygen atoms in total. The summed E-state index contributed by atoms with van der Waals surface area (Å²) < 4.78 is 9.27. The Labute approximate surface area is 130 Å². The third-order valence-corrected chi connectivity index (χ3v) is 3.89. The van der Waals surface area contributed by atoms with Crippen molar-refractivity contribution in [3.8, 4) is 0 Å². The van der Waals surface area contributed by atoms with Gasteiger partial charge in [-0.2, -0.15) is 4.37 Å². The Morgan fingerprint density at radius 1 is 1.19 bits per heavy atom. The molecule has 0 saturated heterocycles. The van der Waals surface area contributed by atoms with E-state index < -0.39 is 0 Å². The average Bonchev–Trinajstić information content (AvgIpc) is 2.86. The van der Waals surface area contributed by atoms with Crippen LogP contribution in [0, 0.1) is 5.92 Å². The minimum Gasteiger partial charge on any atom is -0.377 e. The number of methoxy groups -OCH3 is 1. The zero-order valence-corrected chi connectivity index (χ0v) is 13.9. The van der Waals surface area contributed by atoms with Crippen molar-refractivity contribution in [2.24, 2.45) is 5.92 Å². The first-order chi connectivity index (χ1) is 10.1. The zero-order chi connectivity index (χ0) is 15.2. The minimum atomic E-state index is 0.210. The largest absolute Gasteiger partial charge is 0.377 e. The molecule has 0 radical (unpaired) electrons. The third kappa shape index (κ3) is 4.79. The summed E-state index contributed by atoms with van der Waals surface area (Å²) in [6.07, 6.45) is 1.12. The number of nitrogens with one attached hydrogen (secondary N) is 1. The maximum atomic E-state index is 5.03. The Morgan fingerprint density at radius 3 is 2.52 bits per heavy atom. The predicted octanol–water partition coefficient (Wildman–Crippen LogP) is 4.06. The van der Waals surface area contributed by atoms with E-state index >= 15 is 0 Å². The van der Waals surface area contributed by atoms with E-state index in [9.17, 15) is 0 Å². The van der Waals surface area contributed by atoms with E-state index in [1.165, 1.54) is 22.7 Å². The Hall–Kier alpha value is -1.46. The summed E-state index contributed by atoms with van der Waals surface area (Å²) in [6, 6.07) is 9.01. The van der Waals surface area contributed by atoms with Crippen LogP contribution in [-0.2, 0) is 17.8 Å². The molecular weight excluding hydrogens is 282 g/mol. The molecule has 0 aliphatic heterocycles. The fraction of sp³-hybridized carbons (Fsp3) is 0.500. The fourth-order valence-electron chi connectivity index (χ4n) is 2.18. The highest BCUT2D eigenvalue weighted by molar-refractivity contribution is 7.09. The molecule has 5 heteroatoms. The summed E-state index contributed by atoms with van der Waals surface area (Å²) in [5.74, 6) is 1.41. The van der Waals surface area contributed by atoms with E-state index in [0.717, 1.165) is 17.4 Å². The number of benzene rings is 1. The van der Waals surface area contributed by atoms with Crippen LogP contribution in [-0.4, -0.2) is 16.5 Å². The van der Waals surface area contributed by atoms with E-state index in [2.05, 4.69) is 59.7 Å². The molecule has 0 aliphatic rings. The molecule has 114 valence electrons. The van der Waals surface area contributed by atoms with E-state index in [4.69, 9.17) is 4.74 Å². The number of hydrogen-bond donors (Lipinski definition) is 1. The van der Waals surface area contributed by atoms with Crippen molar-refractivity contribution in [3.63, 3.8) is 0 Å². The topological polar surface area (TPSA) is 47.0 Å². The van der Waals surface area contributed by atoms with E-state index in [0.29, 0.717) is 12.5 Å². The molecule has 1 unspecified atom stereocenters. The van der Waals surface area contributed by atoms with Crippen molar-refractivity contribution < 1.29 is 4.74 Å². The lowest BCUT2D eigenvalue weighted by Crippen LogP contribution is -2.06. The summed E-state index contributed by atoms with van der Waals surface area (Å²) in [5.41, 5.74) is 2.64. The normalized spacial score (nSPS) is 12.6. The van der Waals surface area contributed by atoms with Crippen LogP contribution in [0.1, 0.15) is 43.8 Å². The van der Waals surface area contributed by atoms with E-state index in [-0.39, 0.29) is 6.04 Å². The van der Waals surface area contributed by atoms with Gasteiger partial charge >= 0.3 is 0 Å². The van der Waals surface area contributed by atoms with Crippen LogP contribution in [0.4, 0.5) is 5.13 Å². The first-order valence-corrected chi connectivity index (χ1v) is 8.02. The van der Waals surface area contributed by atoms with Crippen molar-refractivity contribution >= 4 is 16.7 Å². The van der Waals surface area contributed by atoms with Crippen LogP contribution in [0.5, 0.6) is 0 Å². The summed E-state index contributed by atoms with van der Waals surface area (Å²) >= 11 is 1.37. The molecule has 1 N–H and O–H groups in total. The highest BCUT2D eigenvalue weighted by Gasteiger charge is 2.09. The van der Waals surface area contributed by atoms with Gasteiger partial charge in [-0.3, -0.25) is 0 Å². The molecule has 0 saturated carbocycles. The van der Waals surface area contributed by atoms with E-state index in [1.807, 2.05) is 0 Å². The van der Waals surface area contributed by atoms with E-state index in [1.54, 1.807) is 7.11 Å². The van der Waals surface area contributed by atoms with Gasteiger partial charge in [0, 0.05) is 18.6 Å². The molecule has 1 heterocycles. The van der Waals surface area contributed by atoms with Gasteiger partial charge in [-0.25, -0.2) is 4.98 Å². The van der Waals surface area contributed by atoms with Gasteiger partial charge in [0.1, 0.15) is 6.61 Å². The van der Waals surface area contributed by atoms with Crippen LogP contribution in [0.3, 0.4) is 0 Å². The molecule has 0 fully saturated rings. The lowest BCUT2D eigenvalue weighted by molar-refractivity contribution is 0.179. The second-order valence-electron chi connectivity index (χ2n) is 5.65. The first kappa shape index (κ1) is 15.9. The summed E-state index contributed by atoms with van der Waals surface area (Å²) in [4.78, 5) is 4.39. The summed E-state index contributed by atoms with van der Waals surface area (Å²) in [6.45, 7) is 7.07. The minimum absolute atomic E-state index is 0.210. The number of aromatic nitrogens is 2. The van der Waals surface area contributed by atoms with Gasteiger partial charge in [-0.05, 0) is 30.4 Å². The average molecular weight is 305 g/mol. The molecule has 21 heavy (non-hydrogen) atoms. The number of anilines is 1. The highest BCUT2D eigenvalue weighted by Crippen LogP contribution is 2.21. The molecular formula is C16H23N3OS. The fourth-order valence-corrected chi connectivity index (χ4v) is 2.84. The Bertz CT molecular complexity index is 551. The van der Waals surface area contributed by atoms with Gasteiger partial charge in [0.05, 0.1) is 6.04 Å². The monoisotopic (exact) mass is 305 g/mol. The first-order valence-electron chi connectivity index (χ1n) is 7.25. The quantitative estimate of drug-likeness (QED) is 0.838. The number of nitrogens with zero attached hydrogens (tertiary/aromatic N) is 2. The molecule has 1 atom stereocenters. The molecule has 0 spiro atoms. The van der Waals surface area contributed by atoms with Gasteiger partial charge in [-0.15, -0.1) is 0 Å². The molecule has 2 aromatic rings. The SMILES string of the molecule is COCc1nsc(NC(C)c2ccc(CC(C)C)cc2)n1. The van der Waals surface area contributed by atoms with Crippen molar-refractivity contribution in [1.82, 2.24) is 9.36 Å². The smallest absolute Gasteiger partial charge is 0.203 e. The summed E-state index contributed by atoms with van der Waals surface area (Å²) in [5, 5.41) is 4.22. The third-order valence-electron chi connectivity index (χ3n) is 3.21. The van der Waals surface area contributed by atoms with Crippen LogP contribution in [0.15, 0.2) is 24.3 Å². The Morgan fingerprint density at radius 2 is 1.90 bits per heavy atom. The maximum Gasteiger partial charge on any atom is 0.203 e. The van der Waals surface area contributed by atoms with Crippen LogP contribution in [0.25, 0.3) is 0 Å².